The number of halogens is 1. The number of anilines is 3. The van der Waals surface area contributed by atoms with Gasteiger partial charge in [0.05, 0.1) is 19.6 Å². The first-order chi connectivity index (χ1) is 17.4. The zero-order chi connectivity index (χ0) is 25.1. The highest BCUT2D eigenvalue weighted by Crippen LogP contribution is 2.31. The molecule has 5 rings (SSSR count). The molecule has 0 bridgehead atoms. The highest BCUT2D eigenvalue weighted by Gasteiger charge is 2.34. The Bertz CT molecular complexity index is 1350. The summed E-state index contributed by atoms with van der Waals surface area (Å²) in [6, 6.07) is 19.3. The summed E-state index contributed by atoms with van der Waals surface area (Å²) in [5.74, 6) is -0.0980. The van der Waals surface area contributed by atoms with Gasteiger partial charge in [-0.3, -0.25) is 9.78 Å². The number of carbonyl (C=O) groups is 1. The summed E-state index contributed by atoms with van der Waals surface area (Å²) in [4.78, 5) is 23.0. The summed E-state index contributed by atoms with van der Waals surface area (Å²) in [7, 11) is -2.50. The second-order valence-corrected chi connectivity index (χ2v) is 12.2. The van der Waals surface area contributed by atoms with E-state index >= 15 is 0 Å². The van der Waals surface area contributed by atoms with Crippen LogP contribution in [0.3, 0.4) is 0 Å². The van der Waals surface area contributed by atoms with Crippen LogP contribution in [0.1, 0.15) is 13.3 Å². The summed E-state index contributed by atoms with van der Waals surface area (Å²) in [6.45, 7) is 6.69. The van der Waals surface area contributed by atoms with Crippen molar-refractivity contribution in [2.24, 2.45) is 0 Å². The number of aromatic nitrogens is 1. The number of rotatable bonds is 7. The number of hydrogen-bond donors (Lipinski definition) is 1. The van der Waals surface area contributed by atoms with Gasteiger partial charge in [-0.05, 0) is 55.5 Å². The van der Waals surface area contributed by atoms with Crippen molar-refractivity contribution >= 4 is 49.1 Å². The second kappa shape index (κ2) is 10.5. The normalized spacial score (nSPS) is 20.2. The Labute approximate surface area is 217 Å². The number of carbonyl (C=O) groups excluding carboxylic acids is 1. The first-order valence-corrected chi connectivity index (χ1v) is 14.0. The molecule has 0 aliphatic carbocycles. The zero-order valence-corrected chi connectivity index (χ0v) is 21.8. The van der Waals surface area contributed by atoms with E-state index in [0.29, 0.717) is 23.0 Å². The standard InChI is InChI=1S/C27H30ClN5O2S/c1-21-20-33(36(21,35)26-5-3-2-4-25(26)28)15-12-27(34)30-22-6-8-23(9-7-22)31-16-18-32(19-17-31)24-10-13-29-14-11-24/h2-11,13-14H,12,15-20H2,1H3,(H,30,34). The summed E-state index contributed by atoms with van der Waals surface area (Å²) in [6.07, 6.45) is 3.91. The Morgan fingerprint density at radius 3 is 2.17 bits per heavy atom. The van der Waals surface area contributed by atoms with E-state index in [2.05, 4.69) is 32.2 Å². The van der Waals surface area contributed by atoms with Gasteiger partial charge in [-0.25, -0.2) is 8.51 Å². The molecule has 1 N–H and O–H groups in total. The van der Waals surface area contributed by atoms with Gasteiger partial charge < -0.3 is 15.1 Å². The van der Waals surface area contributed by atoms with Crippen molar-refractivity contribution in [2.45, 2.75) is 18.2 Å². The lowest BCUT2D eigenvalue weighted by Crippen LogP contribution is -2.50. The number of nitrogens with one attached hydrogen (secondary N) is 1. The van der Waals surface area contributed by atoms with Gasteiger partial charge in [-0.1, -0.05) is 23.7 Å². The molecule has 1 fully saturated rings. The van der Waals surface area contributed by atoms with Crippen LogP contribution in [-0.4, -0.2) is 63.5 Å². The van der Waals surface area contributed by atoms with Crippen molar-refractivity contribution in [3.63, 3.8) is 0 Å². The second-order valence-electron chi connectivity index (χ2n) is 9.05. The number of pyridine rings is 1. The molecule has 3 heterocycles. The SMILES string of the molecule is CC1=S(=O)(c2ccccc2Cl)N(CCC(=O)Nc2ccc(N3CCN(c4ccncc4)CC3)cc2)C1. The first kappa shape index (κ1) is 24.6. The van der Waals surface area contributed by atoms with Crippen LogP contribution >= 0.6 is 11.6 Å². The van der Waals surface area contributed by atoms with Crippen molar-refractivity contribution in [1.82, 2.24) is 9.29 Å². The smallest absolute Gasteiger partial charge is 0.225 e. The average Bonchev–Trinajstić information content (AvgIpc) is 2.92. The van der Waals surface area contributed by atoms with E-state index < -0.39 is 9.71 Å². The van der Waals surface area contributed by atoms with E-state index in [4.69, 9.17) is 11.6 Å². The van der Waals surface area contributed by atoms with Gasteiger partial charge in [0.15, 0.2) is 0 Å². The van der Waals surface area contributed by atoms with E-state index in [1.54, 1.807) is 12.1 Å². The van der Waals surface area contributed by atoms with Gasteiger partial charge in [0.2, 0.25) is 5.91 Å². The van der Waals surface area contributed by atoms with Gasteiger partial charge in [0.1, 0.15) is 0 Å². The molecule has 36 heavy (non-hydrogen) atoms. The van der Waals surface area contributed by atoms with Crippen LogP contribution in [0.5, 0.6) is 0 Å². The Hall–Kier alpha value is -3.07. The van der Waals surface area contributed by atoms with Gasteiger partial charge in [0, 0.05) is 80.0 Å². The largest absolute Gasteiger partial charge is 0.368 e. The number of nitrogens with zero attached hydrogens (tertiary/aromatic N) is 4. The van der Waals surface area contributed by atoms with Crippen molar-refractivity contribution in [1.29, 1.82) is 0 Å². The number of hydrogen-bond acceptors (Lipinski definition) is 5. The summed E-state index contributed by atoms with van der Waals surface area (Å²) in [5.41, 5.74) is 3.11. The van der Waals surface area contributed by atoms with Crippen LogP contribution in [0, 0.1) is 0 Å². The molecule has 9 heteroatoms. The van der Waals surface area contributed by atoms with E-state index in [1.165, 1.54) is 5.69 Å². The number of amides is 1. The van der Waals surface area contributed by atoms with Gasteiger partial charge in [-0.15, -0.1) is 0 Å². The van der Waals surface area contributed by atoms with Crippen LogP contribution in [0.25, 0.3) is 0 Å². The van der Waals surface area contributed by atoms with Crippen LogP contribution in [0.4, 0.5) is 17.1 Å². The van der Waals surface area contributed by atoms with Crippen molar-refractivity contribution < 1.29 is 9.00 Å². The predicted octanol–water partition coefficient (Wildman–Crippen LogP) is 4.16. The van der Waals surface area contributed by atoms with Gasteiger partial charge in [0.25, 0.3) is 0 Å². The molecule has 1 aromatic heterocycles. The molecule has 2 aliphatic heterocycles. The molecule has 7 nitrogen and oxygen atoms in total. The Balaban J connectivity index is 1.13. The van der Waals surface area contributed by atoms with Crippen LogP contribution < -0.4 is 15.1 Å². The van der Waals surface area contributed by atoms with Gasteiger partial charge >= 0.3 is 0 Å². The number of benzene rings is 2. The molecule has 2 aliphatic rings. The molecule has 0 spiro atoms. The maximum Gasteiger partial charge on any atom is 0.225 e. The third-order valence-corrected chi connectivity index (χ3v) is 10.3. The highest BCUT2D eigenvalue weighted by molar-refractivity contribution is 8.02. The summed E-state index contributed by atoms with van der Waals surface area (Å²) >= 11 is 6.32. The lowest BCUT2D eigenvalue weighted by Gasteiger charge is -2.38. The van der Waals surface area contributed by atoms with Gasteiger partial charge in [-0.2, -0.15) is 0 Å². The lowest BCUT2D eigenvalue weighted by molar-refractivity contribution is -0.116. The fourth-order valence-electron chi connectivity index (χ4n) is 4.77. The molecule has 2 aromatic carbocycles. The average molecular weight is 524 g/mol. The Morgan fingerprint density at radius 2 is 1.56 bits per heavy atom. The van der Waals surface area contributed by atoms with E-state index in [-0.39, 0.29) is 12.3 Å². The Kier molecular flexibility index (Phi) is 7.18. The molecule has 1 unspecified atom stereocenters. The minimum absolute atomic E-state index is 0.0980. The predicted molar refractivity (Wildman–Crippen MR) is 148 cm³/mol. The maximum atomic E-state index is 13.6. The molecular formula is C27H30ClN5O2S. The lowest BCUT2D eigenvalue weighted by atomic mass is 10.2. The molecule has 1 atom stereocenters. The maximum absolute atomic E-state index is 13.6. The topological polar surface area (TPSA) is 68.8 Å². The fourth-order valence-corrected chi connectivity index (χ4v) is 7.75. The van der Waals surface area contributed by atoms with Crippen LogP contribution in [0.2, 0.25) is 5.02 Å². The minimum atomic E-state index is -2.50. The minimum Gasteiger partial charge on any atom is -0.368 e. The summed E-state index contributed by atoms with van der Waals surface area (Å²) in [5, 5.41) is 3.47. The van der Waals surface area contributed by atoms with Crippen molar-refractivity contribution in [2.75, 3.05) is 54.4 Å². The third-order valence-electron chi connectivity index (χ3n) is 6.78. The first-order valence-electron chi connectivity index (χ1n) is 12.1. The van der Waals surface area contributed by atoms with Crippen LogP contribution in [-0.2, 0) is 14.5 Å². The monoisotopic (exact) mass is 523 g/mol. The molecule has 1 amide bonds. The number of piperazine rings is 1. The quantitative estimate of drug-likeness (QED) is 0.471. The van der Waals surface area contributed by atoms with E-state index in [9.17, 15) is 9.00 Å². The molecular weight excluding hydrogens is 494 g/mol. The molecule has 0 radical (unpaired) electrons. The van der Waals surface area contributed by atoms with E-state index in [0.717, 1.165) is 42.4 Å². The fraction of sp³-hybridized carbons (Fsp3) is 0.296. The van der Waals surface area contributed by atoms with Crippen LogP contribution in [0.15, 0.2) is 78.0 Å². The highest BCUT2D eigenvalue weighted by atomic mass is 35.5. The zero-order valence-electron chi connectivity index (χ0n) is 20.3. The Morgan fingerprint density at radius 1 is 0.944 bits per heavy atom. The van der Waals surface area contributed by atoms with Crippen molar-refractivity contribution in [3.05, 3.63) is 78.1 Å². The molecule has 0 saturated carbocycles. The summed E-state index contributed by atoms with van der Waals surface area (Å²) < 4.78 is 15.5. The molecule has 3 aromatic rings. The van der Waals surface area contributed by atoms with Crippen molar-refractivity contribution in [3.8, 4) is 0 Å². The molecule has 188 valence electrons. The van der Waals surface area contributed by atoms with E-state index in [1.807, 2.05) is 60.0 Å². The third kappa shape index (κ3) is 4.93. The molecule has 1 saturated heterocycles.